The molecule has 1 aliphatic carbocycles. The highest BCUT2D eigenvalue weighted by molar-refractivity contribution is 5.82. The van der Waals surface area contributed by atoms with Crippen LogP contribution in [0.5, 0.6) is 0 Å². The number of benzene rings is 2. The van der Waals surface area contributed by atoms with Gasteiger partial charge in [0.25, 0.3) is 0 Å². The molecule has 0 unspecified atom stereocenters. The Morgan fingerprint density at radius 3 is 2.58 bits per heavy atom. The summed E-state index contributed by atoms with van der Waals surface area (Å²) in [6.07, 6.45) is 13.1. The van der Waals surface area contributed by atoms with E-state index in [2.05, 4.69) is 65.3 Å². The number of hydrogen-bond acceptors (Lipinski definition) is 5. The van der Waals surface area contributed by atoms with Gasteiger partial charge < -0.3 is 9.30 Å². The van der Waals surface area contributed by atoms with Crippen molar-refractivity contribution in [3.8, 4) is 0 Å². The number of rotatable bonds is 8. The molecule has 7 nitrogen and oxygen atoms in total. The molecule has 0 bridgehead atoms. The summed E-state index contributed by atoms with van der Waals surface area (Å²) in [5.74, 6) is 1.44. The van der Waals surface area contributed by atoms with Crippen molar-refractivity contribution in [3.05, 3.63) is 76.4 Å². The number of aryl methyl sites for hydroxylation is 3. The summed E-state index contributed by atoms with van der Waals surface area (Å²) in [6.45, 7) is 8.95. The van der Waals surface area contributed by atoms with Gasteiger partial charge in [0, 0.05) is 38.3 Å². The summed E-state index contributed by atoms with van der Waals surface area (Å²) in [5, 5.41) is 8.67. The van der Waals surface area contributed by atoms with Crippen molar-refractivity contribution in [2.24, 2.45) is 18.4 Å². The molecule has 7 heteroatoms. The van der Waals surface area contributed by atoms with Crippen LogP contribution in [0.25, 0.3) is 11.0 Å². The number of methoxy groups -OCH3 is 1. The zero-order chi connectivity index (χ0) is 28.4. The van der Waals surface area contributed by atoms with E-state index >= 15 is 0 Å². The van der Waals surface area contributed by atoms with Gasteiger partial charge in [-0.3, -0.25) is 4.79 Å². The Morgan fingerprint density at radius 1 is 1.10 bits per heavy atom. The molecule has 2 aromatic carbocycles. The molecule has 0 amide bonds. The molecule has 1 saturated carbocycles. The van der Waals surface area contributed by atoms with Crippen molar-refractivity contribution in [1.82, 2.24) is 24.5 Å². The van der Waals surface area contributed by atoms with Gasteiger partial charge in [-0.25, -0.2) is 9.67 Å². The van der Waals surface area contributed by atoms with Crippen LogP contribution in [0.3, 0.4) is 0 Å². The number of imidazole rings is 1. The SMILES string of the molecule is COC(=O)C(C)(C)[C@@H](c1ccc(C)c(Cn2ccnc2CC2CCCCCC2)c1)c1ccc2c(nnn2C)c1C. The fourth-order valence-electron chi connectivity index (χ4n) is 6.65. The molecule has 212 valence electrons. The number of carbonyl (C=O) groups excluding carboxylic acids is 1. The third-order valence-electron chi connectivity index (χ3n) is 9.12. The van der Waals surface area contributed by atoms with Crippen LogP contribution in [0.15, 0.2) is 42.7 Å². The quantitative estimate of drug-likeness (QED) is 0.184. The first kappa shape index (κ1) is 28.1. The molecule has 4 aromatic rings. The molecule has 1 fully saturated rings. The number of ether oxygens (including phenoxy) is 1. The summed E-state index contributed by atoms with van der Waals surface area (Å²) < 4.78 is 9.42. The second-order valence-corrected chi connectivity index (χ2v) is 12.2. The van der Waals surface area contributed by atoms with E-state index in [1.807, 2.05) is 27.1 Å². The van der Waals surface area contributed by atoms with Gasteiger partial charge in [0.2, 0.25) is 0 Å². The topological polar surface area (TPSA) is 74.8 Å². The highest BCUT2D eigenvalue weighted by Gasteiger charge is 2.41. The number of fused-ring (bicyclic) bond motifs is 1. The van der Waals surface area contributed by atoms with Crippen molar-refractivity contribution in [1.29, 1.82) is 0 Å². The Hall–Kier alpha value is -3.48. The summed E-state index contributed by atoms with van der Waals surface area (Å²) in [4.78, 5) is 18.0. The van der Waals surface area contributed by atoms with Crippen molar-refractivity contribution in [2.45, 2.75) is 85.1 Å². The highest BCUT2D eigenvalue weighted by Crippen LogP contribution is 2.44. The van der Waals surface area contributed by atoms with Crippen molar-refractivity contribution < 1.29 is 9.53 Å². The van der Waals surface area contributed by atoms with Gasteiger partial charge in [-0.05, 0) is 67.5 Å². The molecule has 0 spiro atoms. The van der Waals surface area contributed by atoms with E-state index in [1.54, 1.807) is 4.68 Å². The highest BCUT2D eigenvalue weighted by atomic mass is 16.5. The van der Waals surface area contributed by atoms with Crippen LogP contribution in [-0.2, 0) is 29.5 Å². The minimum Gasteiger partial charge on any atom is -0.469 e. The molecule has 0 radical (unpaired) electrons. The molecule has 0 saturated heterocycles. The second kappa shape index (κ2) is 11.6. The summed E-state index contributed by atoms with van der Waals surface area (Å²) in [5.41, 5.74) is 6.69. The molecule has 2 aromatic heterocycles. The number of carbonyl (C=O) groups is 1. The molecular weight excluding hydrogens is 498 g/mol. The van der Waals surface area contributed by atoms with E-state index in [1.165, 1.54) is 62.6 Å². The first-order valence-corrected chi connectivity index (χ1v) is 14.7. The maximum atomic E-state index is 13.2. The van der Waals surface area contributed by atoms with Crippen LogP contribution in [0.2, 0.25) is 0 Å². The monoisotopic (exact) mass is 541 g/mol. The number of aromatic nitrogens is 5. The molecular formula is C33H43N5O2. The maximum Gasteiger partial charge on any atom is 0.312 e. The van der Waals surface area contributed by atoms with E-state index in [4.69, 9.17) is 9.72 Å². The minimum atomic E-state index is -0.804. The Kier molecular flexibility index (Phi) is 8.11. The molecule has 1 atom stereocenters. The Balaban J connectivity index is 1.53. The van der Waals surface area contributed by atoms with Crippen molar-refractivity contribution >= 4 is 17.0 Å². The minimum absolute atomic E-state index is 0.223. The van der Waals surface area contributed by atoms with Gasteiger partial charge >= 0.3 is 5.97 Å². The number of hydrogen-bond donors (Lipinski definition) is 0. The van der Waals surface area contributed by atoms with Crippen LogP contribution >= 0.6 is 0 Å². The first-order chi connectivity index (χ1) is 19.2. The van der Waals surface area contributed by atoms with E-state index in [9.17, 15) is 4.79 Å². The predicted octanol–water partition coefficient (Wildman–Crippen LogP) is 6.67. The molecule has 0 N–H and O–H groups in total. The van der Waals surface area contributed by atoms with Gasteiger partial charge in [-0.2, -0.15) is 0 Å². The summed E-state index contributed by atoms with van der Waals surface area (Å²) in [7, 11) is 3.37. The Labute approximate surface area is 237 Å². The summed E-state index contributed by atoms with van der Waals surface area (Å²) in [6, 6.07) is 10.8. The van der Waals surface area contributed by atoms with E-state index in [0.29, 0.717) is 0 Å². The lowest BCUT2D eigenvalue weighted by atomic mass is 9.69. The van der Waals surface area contributed by atoms with Gasteiger partial charge in [0.05, 0.1) is 18.0 Å². The lowest BCUT2D eigenvalue weighted by molar-refractivity contribution is -0.151. The third kappa shape index (κ3) is 5.43. The van der Waals surface area contributed by atoms with Crippen LogP contribution in [0.4, 0.5) is 0 Å². The largest absolute Gasteiger partial charge is 0.469 e. The second-order valence-electron chi connectivity index (χ2n) is 12.2. The molecule has 2 heterocycles. The van der Waals surface area contributed by atoms with Crippen molar-refractivity contribution in [2.75, 3.05) is 7.11 Å². The lowest BCUT2D eigenvalue weighted by Crippen LogP contribution is -2.34. The summed E-state index contributed by atoms with van der Waals surface area (Å²) >= 11 is 0. The van der Waals surface area contributed by atoms with Crippen LogP contribution < -0.4 is 0 Å². The van der Waals surface area contributed by atoms with Crippen LogP contribution in [0.1, 0.15) is 91.9 Å². The van der Waals surface area contributed by atoms with Gasteiger partial charge in [0.1, 0.15) is 11.3 Å². The number of nitrogens with zero attached hydrogens (tertiary/aromatic N) is 5. The standard InChI is InChI=1S/C33H43N5O2/c1-22-13-14-25(20-26(22)21-38-18-17-34-29(38)19-24-11-9-7-8-10-12-24)30(33(3,4)32(39)40-6)27-15-16-28-31(23(27)2)35-36-37(28)5/h13-18,20,24,30H,7-12,19,21H2,1-6H3/t30-/m0/s1. The van der Waals surface area contributed by atoms with E-state index < -0.39 is 5.41 Å². The van der Waals surface area contributed by atoms with Crippen molar-refractivity contribution in [3.63, 3.8) is 0 Å². The molecule has 1 aliphatic rings. The smallest absolute Gasteiger partial charge is 0.312 e. The third-order valence-corrected chi connectivity index (χ3v) is 9.12. The Bertz CT molecular complexity index is 1490. The Morgan fingerprint density at radius 2 is 1.85 bits per heavy atom. The zero-order valence-corrected chi connectivity index (χ0v) is 24.9. The number of esters is 1. The van der Waals surface area contributed by atoms with Gasteiger partial charge in [-0.15, -0.1) is 5.10 Å². The van der Waals surface area contributed by atoms with E-state index in [0.717, 1.165) is 46.6 Å². The van der Waals surface area contributed by atoms with Crippen LogP contribution in [-0.4, -0.2) is 37.6 Å². The van der Waals surface area contributed by atoms with Gasteiger partial charge in [0.15, 0.2) is 0 Å². The van der Waals surface area contributed by atoms with E-state index in [-0.39, 0.29) is 11.9 Å². The first-order valence-electron chi connectivity index (χ1n) is 14.7. The van der Waals surface area contributed by atoms with Gasteiger partial charge in [-0.1, -0.05) is 68.0 Å². The fraction of sp³-hybridized carbons (Fsp3) is 0.515. The normalized spacial score (nSPS) is 15.8. The molecule has 5 rings (SSSR count). The molecule has 0 aliphatic heterocycles. The zero-order valence-electron chi connectivity index (χ0n) is 24.9. The fourth-order valence-corrected chi connectivity index (χ4v) is 6.65. The predicted molar refractivity (Wildman–Crippen MR) is 158 cm³/mol. The lowest BCUT2D eigenvalue weighted by Gasteiger charge is -2.34. The van der Waals surface area contributed by atoms with Crippen LogP contribution in [0, 0.1) is 25.2 Å². The molecule has 40 heavy (non-hydrogen) atoms. The maximum absolute atomic E-state index is 13.2. The average Bonchev–Trinajstić information content (AvgIpc) is 3.44. The average molecular weight is 542 g/mol.